The predicted octanol–water partition coefficient (Wildman–Crippen LogP) is 3.11. The van der Waals surface area contributed by atoms with Gasteiger partial charge in [0.25, 0.3) is 5.91 Å². The van der Waals surface area contributed by atoms with E-state index in [0.717, 1.165) is 19.4 Å². The summed E-state index contributed by atoms with van der Waals surface area (Å²) in [5.74, 6) is -0.270. The topological polar surface area (TPSA) is 90.9 Å². The van der Waals surface area contributed by atoms with E-state index in [4.69, 9.17) is 5.73 Å². The molecule has 1 aromatic heterocycles. The molecule has 0 spiro atoms. The number of nitrogens with two attached hydrogens (primary N) is 1. The number of unbranched alkanes of at least 4 members (excludes halogenated alkanes) is 3. The van der Waals surface area contributed by atoms with Crippen LogP contribution in [0.5, 0.6) is 0 Å². The van der Waals surface area contributed by atoms with Crippen LogP contribution in [-0.2, 0) is 0 Å². The minimum atomic E-state index is -0.270. The molecule has 0 saturated carbocycles. The maximum atomic E-state index is 12.0. The van der Waals surface area contributed by atoms with Crippen molar-refractivity contribution in [3.05, 3.63) is 23.1 Å². The van der Waals surface area contributed by atoms with Crippen molar-refractivity contribution in [2.24, 2.45) is 0 Å². The second kappa shape index (κ2) is 9.03. The Morgan fingerprint density at radius 1 is 1.48 bits per heavy atom. The number of rotatable bonds is 9. The lowest BCUT2D eigenvalue weighted by Crippen LogP contribution is -2.23. The highest BCUT2D eigenvalue weighted by Gasteiger charge is 2.20. The maximum absolute atomic E-state index is 12.0. The van der Waals surface area contributed by atoms with Gasteiger partial charge in [0.05, 0.1) is 5.69 Å². The van der Waals surface area contributed by atoms with Gasteiger partial charge in [0, 0.05) is 13.1 Å². The van der Waals surface area contributed by atoms with Crippen LogP contribution in [0.3, 0.4) is 0 Å². The highest BCUT2D eigenvalue weighted by molar-refractivity contribution is 7.18. The Kier molecular flexibility index (Phi) is 7.33. The number of hydrogen-bond donors (Lipinski definition) is 3. The first-order valence-electron chi connectivity index (χ1n) is 7.11. The van der Waals surface area contributed by atoms with E-state index in [1.54, 1.807) is 6.08 Å². The van der Waals surface area contributed by atoms with Gasteiger partial charge in [-0.1, -0.05) is 32.3 Å². The average molecular weight is 306 g/mol. The lowest BCUT2D eigenvalue weighted by Gasteiger charge is -2.03. The fourth-order valence-electron chi connectivity index (χ4n) is 1.85. The molecule has 0 saturated heterocycles. The van der Waals surface area contributed by atoms with E-state index < -0.39 is 0 Å². The molecule has 1 heterocycles. The number of thiophene rings is 1. The van der Waals surface area contributed by atoms with Gasteiger partial charge in [0.2, 0.25) is 0 Å². The number of amides is 1. The summed E-state index contributed by atoms with van der Waals surface area (Å²) in [6, 6.07) is 2.07. The largest absolute Gasteiger partial charge is 0.396 e. The Labute approximate surface area is 129 Å². The van der Waals surface area contributed by atoms with Gasteiger partial charge in [-0.15, -0.1) is 17.9 Å². The number of nitrogens with one attached hydrogen (secondary N) is 2. The van der Waals surface area contributed by atoms with Crippen LogP contribution in [-0.4, -0.2) is 19.0 Å². The number of carbonyl (C=O) groups is 1. The number of nitriles is 1. The van der Waals surface area contributed by atoms with Gasteiger partial charge in [-0.2, -0.15) is 5.26 Å². The SMILES string of the molecule is C=CCNC(=O)c1sc(NCCCCCC)c(C#N)c1N. The van der Waals surface area contributed by atoms with Crippen LogP contribution in [0.15, 0.2) is 12.7 Å². The van der Waals surface area contributed by atoms with Crippen LogP contribution in [0, 0.1) is 11.3 Å². The number of anilines is 2. The summed E-state index contributed by atoms with van der Waals surface area (Å²) in [5, 5.41) is 15.8. The summed E-state index contributed by atoms with van der Waals surface area (Å²) < 4.78 is 0. The maximum Gasteiger partial charge on any atom is 0.263 e. The van der Waals surface area contributed by atoms with Crippen LogP contribution < -0.4 is 16.4 Å². The third-order valence-electron chi connectivity index (χ3n) is 2.99. The standard InChI is InChI=1S/C15H22N4OS/c1-3-5-6-7-9-19-15-11(10-16)12(17)13(21-15)14(20)18-8-4-2/h4,19H,2-3,5-9,17H2,1H3,(H,18,20). The van der Waals surface area contributed by atoms with Crippen molar-refractivity contribution in [3.63, 3.8) is 0 Å². The smallest absolute Gasteiger partial charge is 0.263 e. The molecule has 0 aliphatic carbocycles. The Morgan fingerprint density at radius 2 is 2.24 bits per heavy atom. The van der Waals surface area contributed by atoms with Gasteiger partial charge in [0.15, 0.2) is 0 Å². The molecule has 114 valence electrons. The van der Waals surface area contributed by atoms with Crippen LogP contribution in [0.25, 0.3) is 0 Å². The molecule has 0 unspecified atom stereocenters. The fraction of sp³-hybridized carbons (Fsp3) is 0.467. The summed E-state index contributed by atoms with van der Waals surface area (Å²) in [6.45, 7) is 6.86. The second-order valence-corrected chi connectivity index (χ2v) is 5.67. The van der Waals surface area contributed by atoms with Gasteiger partial charge in [-0.3, -0.25) is 4.79 Å². The van der Waals surface area contributed by atoms with E-state index in [2.05, 4.69) is 30.2 Å². The summed E-state index contributed by atoms with van der Waals surface area (Å²) >= 11 is 1.23. The molecule has 0 radical (unpaired) electrons. The fourth-order valence-corrected chi connectivity index (χ4v) is 2.86. The number of nitrogens with zero attached hydrogens (tertiary/aromatic N) is 1. The molecule has 0 aromatic carbocycles. The Morgan fingerprint density at radius 3 is 2.86 bits per heavy atom. The first kappa shape index (κ1) is 17.1. The molecule has 5 nitrogen and oxygen atoms in total. The zero-order valence-electron chi connectivity index (χ0n) is 12.4. The minimum Gasteiger partial charge on any atom is -0.396 e. The second-order valence-electron chi connectivity index (χ2n) is 4.65. The van der Waals surface area contributed by atoms with Crippen molar-refractivity contribution in [2.45, 2.75) is 32.6 Å². The lowest BCUT2D eigenvalue weighted by atomic mass is 10.2. The zero-order valence-corrected chi connectivity index (χ0v) is 13.2. The van der Waals surface area contributed by atoms with E-state index in [9.17, 15) is 10.1 Å². The van der Waals surface area contributed by atoms with E-state index in [1.807, 2.05) is 0 Å². The molecule has 6 heteroatoms. The highest BCUT2D eigenvalue weighted by atomic mass is 32.1. The van der Waals surface area contributed by atoms with Crippen LogP contribution in [0.1, 0.15) is 47.8 Å². The first-order valence-corrected chi connectivity index (χ1v) is 7.92. The molecule has 0 aliphatic rings. The quantitative estimate of drug-likeness (QED) is 0.483. The van der Waals surface area contributed by atoms with Crippen LogP contribution >= 0.6 is 11.3 Å². The zero-order chi connectivity index (χ0) is 15.7. The number of nitrogen functional groups attached to an aromatic ring is 1. The van der Waals surface area contributed by atoms with Crippen molar-refractivity contribution < 1.29 is 4.79 Å². The van der Waals surface area contributed by atoms with Crippen LogP contribution in [0.4, 0.5) is 10.7 Å². The molecule has 4 N–H and O–H groups in total. The normalized spacial score (nSPS) is 9.90. The van der Waals surface area contributed by atoms with E-state index in [0.29, 0.717) is 22.0 Å². The Balaban J connectivity index is 2.74. The summed E-state index contributed by atoms with van der Waals surface area (Å²) in [5.41, 5.74) is 6.51. The summed E-state index contributed by atoms with van der Waals surface area (Å²) in [6.07, 6.45) is 6.17. The molecule has 1 aromatic rings. The Hall–Kier alpha value is -2.00. The van der Waals surface area contributed by atoms with Crippen molar-refractivity contribution >= 4 is 27.9 Å². The van der Waals surface area contributed by atoms with E-state index in [-0.39, 0.29) is 11.6 Å². The first-order chi connectivity index (χ1) is 10.2. The van der Waals surface area contributed by atoms with Crippen LogP contribution in [0.2, 0.25) is 0 Å². The summed E-state index contributed by atoms with van der Waals surface area (Å²) in [4.78, 5) is 12.3. The molecule has 0 fully saturated rings. The van der Waals surface area contributed by atoms with Crippen molar-refractivity contribution in [1.29, 1.82) is 5.26 Å². The van der Waals surface area contributed by atoms with E-state index in [1.165, 1.54) is 24.2 Å². The molecule has 0 atom stereocenters. The molecule has 21 heavy (non-hydrogen) atoms. The lowest BCUT2D eigenvalue weighted by molar-refractivity contribution is 0.0963. The monoisotopic (exact) mass is 306 g/mol. The van der Waals surface area contributed by atoms with Gasteiger partial charge < -0.3 is 16.4 Å². The molecule has 0 bridgehead atoms. The molecule has 0 aliphatic heterocycles. The van der Waals surface area contributed by atoms with Crippen molar-refractivity contribution in [2.75, 3.05) is 24.1 Å². The highest BCUT2D eigenvalue weighted by Crippen LogP contribution is 2.35. The molecule has 1 amide bonds. The van der Waals surface area contributed by atoms with Crippen molar-refractivity contribution in [3.8, 4) is 6.07 Å². The minimum absolute atomic E-state index is 0.250. The van der Waals surface area contributed by atoms with Crippen molar-refractivity contribution in [1.82, 2.24) is 5.32 Å². The third-order valence-corrected chi connectivity index (χ3v) is 4.15. The third kappa shape index (κ3) is 4.80. The van der Waals surface area contributed by atoms with E-state index >= 15 is 0 Å². The van der Waals surface area contributed by atoms with Gasteiger partial charge in [-0.25, -0.2) is 0 Å². The van der Waals surface area contributed by atoms with Gasteiger partial charge in [-0.05, 0) is 6.42 Å². The van der Waals surface area contributed by atoms with Gasteiger partial charge in [0.1, 0.15) is 21.5 Å². The summed E-state index contributed by atoms with van der Waals surface area (Å²) in [7, 11) is 0. The Bertz CT molecular complexity index is 531. The molecular weight excluding hydrogens is 284 g/mol. The average Bonchev–Trinajstić information content (AvgIpc) is 2.80. The number of carbonyl (C=O) groups excluding carboxylic acids is 1. The molecule has 1 rings (SSSR count). The molecular formula is C15H22N4OS. The van der Waals surface area contributed by atoms with Gasteiger partial charge >= 0.3 is 0 Å². The number of hydrogen-bond acceptors (Lipinski definition) is 5. The predicted molar refractivity (Wildman–Crippen MR) is 88.6 cm³/mol.